The third kappa shape index (κ3) is 4.30. The van der Waals surface area contributed by atoms with Crippen LogP contribution in [0.5, 0.6) is 0 Å². The summed E-state index contributed by atoms with van der Waals surface area (Å²) in [6.45, 7) is 5.26. The Balaban J connectivity index is 1.90. The van der Waals surface area contributed by atoms with Crippen LogP contribution in [0.15, 0.2) is 35.1 Å². The fraction of sp³-hybridized carbons (Fsp3) is 0.455. The summed E-state index contributed by atoms with van der Waals surface area (Å²) in [6, 6.07) is 10.4. The maximum Gasteiger partial charge on any atom is 0.261 e. The van der Waals surface area contributed by atoms with Crippen molar-refractivity contribution in [2.45, 2.75) is 45.7 Å². The van der Waals surface area contributed by atoms with Crippen LogP contribution in [0, 0.1) is 13.8 Å². The predicted octanol–water partition coefficient (Wildman–Crippen LogP) is 3.42. The van der Waals surface area contributed by atoms with E-state index in [9.17, 15) is 9.59 Å². The molecule has 1 aliphatic rings. The molecule has 1 aromatic heterocycles. The first-order valence-electron chi connectivity index (χ1n) is 9.62. The Bertz CT molecular complexity index is 868. The van der Waals surface area contributed by atoms with Crippen molar-refractivity contribution in [3.8, 4) is 0 Å². The first-order valence-corrected chi connectivity index (χ1v) is 9.62. The molecule has 1 atom stereocenters. The second-order valence-electron chi connectivity index (χ2n) is 7.83. The van der Waals surface area contributed by atoms with Crippen molar-refractivity contribution in [2.24, 2.45) is 0 Å². The molecule has 144 valence electrons. The quantitative estimate of drug-likeness (QED) is 0.901. The van der Waals surface area contributed by atoms with E-state index < -0.39 is 0 Å². The van der Waals surface area contributed by atoms with E-state index in [2.05, 4.69) is 48.2 Å². The molecule has 1 aliphatic heterocycles. The van der Waals surface area contributed by atoms with Crippen molar-refractivity contribution in [3.05, 3.63) is 68.6 Å². The minimum Gasteiger partial charge on any atom is -0.331 e. The van der Waals surface area contributed by atoms with Crippen LogP contribution in [0.25, 0.3) is 0 Å². The summed E-state index contributed by atoms with van der Waals surface area (Å²) >= 11 is 0. The van der Waals surface area contributed by atoms with E-state index in [0.29, 0.717) is 6.54 Å². The highest BCUT2D eigenvalue weighted by Gasteiger charge is 2.30. The van der Waals surface area contributed by atoms with E-state index in [4.69, 9.17) is 0 Å². The molecule has 3 rings (SSSR count). The molecule has 0 saturated carbocycles. The molecule has 0 spiro atoms. The van der Waals surface area contributed by atoms with E-state index in [1.807, 2.05) is 24.8 Å². The molecule has 0 bridgehead atoms. The minimum absolute atomic E-state index is 0.0276. The highest BCUT2D eigenvalue weighted by molar-refractivity contribution is 5.95. The molecule has 2 heterocycles. The molecule has 1 fully saturated rings. The number of aryl methyl sites for hydroxylation is 2. The number of carbonyl (C=O) groups is 1. The molecule has 0 aliphatic carbocycles. The van der Waals surface area contributed by atoms with Gasteiger partial charge in [0.1, 0.15) is 5.56 Å². The van der Waals surface area contributed by atoms with E-state index >= 15 is 0 Å². The Labute approximate surface area is 161 Å². The van der Waals surface area contributed by atoms with Crippen LogP contribution in [0.1, 0.15) is 58.0 Å². The van der Waals surface area contributed by atoms with Gasteiger partial charge in [0.15, 0.2) is 0 Å². The molecule has 0 radical (unpaired) electrons. The minimum atomic E-state index is -0.289. The van der Waals surface area contributed by atoms with Crippen molar-refractivity contribution < 1.29 is 4.79 Å². The topological polar surface area (TPSA) is 56.4 Å². The van der Waals surface area contributed by atoms with E-state index in [0.717, 1.165) is 42.6 Å². The largest absolute Gasteiger partial charge is 0.331 e. The second kappa shape index (κ2) is 8.09. The molecule has 1 aromatic carbocycles. The van der Waals surface area contributed by atoms with Gasteiger partial charge in [-0.3, -0.25) is 9.59 Å². The van der Waals surface area contributed by atoms with Gasteiger partial charge >= 0.3 is 0 Å². The summed E-state index contributed by atoms with van der Waals surface area (Å²) in [5.74, 6) is -0.157. The Kier molecular flexibility index (Phi) is 5.80. The summed E-state index contributed by atoms with van der Waals surface area (Å²) in [5, 5.41) is 0. The summed E-state index contributed by atoms with van der Waals surface area (Å²) in [7, 11) is 4.10. The molecule has 1 N–H and O–H groups in total. The number of rotatable bonds is 4. The van der Waals surface area contributed by atoms with Gasteiger partial charge in [0.25, 0.3) is 11.5 Å². The lowest BCUT2D eigenvalue weighted by Gasteiger charge is -2.36. The van der Waals surface area contributed by atoms with Crippen LogP contribution in [0.2, 0.25) is 0 Å². The van der Waals surface area contributed by atoms with Crippen molar-refractivity contribution in [1.82, 2.24) is 14.8 Å². The van der Waals surface area contributed by atoms with Crippen molar-refractivity contribution >= 4 is 5.91 Å². The molecular weight excluding hydrogens is 338 g/mol. The highest BCUT2D eigenvalue weighted by atomic mass is 16.2. The number of likely N-dealkylation sites (tertiary alicyclic amines) is 1. The monoisotopic (exact) mass is 367 g/mol. The molecule has 1 saturated heterocycles. The molecule has 27 heavy (non-hydrogen) atoms. The van der Waals surface area contributed by atoms with Crippen LogP contribution in [-0.2, 0) is 6.54 Å². The highest BCUT2D eigenvalue weighted by Crippen LogP contribution is 2.32. The van der Waals surface area contributed by atoms with Crippen molar-refractivity contribution in [2.75, 3.05) is 20.6 Å². The van der Waals surface area contributed by atoms with E-state index in [1.54, 1.807) is 0 Å². The Morgan fingerprint density at radius 1 is 1.19 bits per heavy atom. The third-order valence-electron chi connectivity index (χ3n) is 5.21. The lowest BCUT2D eigenvalue weighted by Crippen LogP contribution is -2.41. The number of H-pyrrole nitrogens is 1. The van der Waals surface area contributed by atoms with Crippen LogP contribution in [-0.4, -0.2) is 41.3 Å². The van der Waals surface area contributed by atoms with Crippen molar-refractivity contribution in [1.29, 1.82) is 0 Å². The standard InChI is InChI=1S/C22H29N3O2/c1-15-13-16(2)23-21(26)20(15)22(27)25-12-6-5-7-19(25)18-10-8-17(9-11-18)14-24(3)4/h8-11,13,19H,5-7,12,14H2,1-4H3,(H,23,26). The lowest BCUT2D eigenvalue weighted by atomic mass is 9.93. The van der Waals surface area contributed by atoms with E-state index in [-0.39, 0.29) is 23.1 Å². The SMILES string of the molecule is Cc1cc(C)c(C(=O)N2CCCCC2c2ccc(CN(C)C)cc2)c(=O)[nH]1. The number of amides is 1. The number of pyridine rings is 1. The lowest BCUT2D eigenvalue weighted by molar-refractivity contribution is 0.0609. The number of carbonyl (C=O) groups excluding carboxylic acids is 1. The fourth-order valence-electron chi connectivity index (χ4n) is 3.99. The fourth-order valence-corrected chi connectivity index (χ4v) is 3.99. The van der Waals surface area contributed by atoms with Gasteiger partial charge in [0, 0.05) is 18.8 Å². The molecule has 5 heteroatoms. The number of aromatic nitrogens is 1. The zero-order chi connectivity index (χ0) is 19.6. The average molecular weight is 367 g/mol. The van der Waals surface area contributed by atoms with Gasteiger partial charge in [-0.2, -0.15) is 0 Å². The van der Waals surface area contributed by atoms with Crippen molar-refractivity contribution in [3.63, 3.8) is 0 Å². The van der Waals surface area contributed by atoms with Crippen LogP contribution < -0.4 is 5.56 Å². The second-order valence-corrected chi connectivity index (χ2v) is 7.83. The number of aromatic amines is 1. The Morgan fingerprint density at radius 3 is 2.52 bits per heavy atom. The average Bonchev–Trinajstić information content (AvgIpc) is 2.61. The normalized spacial score (nSPS) is 17.4. The summed E-state index contributed by atoms with van der Waals surface area (Å²) in [4.78, 5) is 32.5. The summed E-state index contributed by atoms with van der Waals surface area (Å²) < 4.78 is 0. The van der Waals surface area contributed by atoms with Gasteiger partial charge < -0.3 is 14.8 Å². The number of nitrogens with zero attached hydrogens (tertiary/aromatic N) is 2. The summed E-state index contributed by atoms with van der Waals surface area (Å²) in [6.07, 6.45) is 3.00. The first-order chi connectivity index (χ1) is 12.9. The number of hydrogen-bond donors (Lipinski definition) is 1. The Hall–Kier alpha value is -2.40. The predicted molar refractivity (Wildman–Crippen MR) is 108 cm³/mol. The maximum absolute atomic E-state index is 13.2. The molecule has 5 nitrogen and oxygen atoms in total. The van der Waals surface area contributed by atoms with Gasteiger partial charge in [-0.15, -0.1) is 0 Å². The third-order valence-corrected chi connectivity index (χ3v) is 5.21. The van der Waals surface area contributed by atoms with E-state index in [1.165, 1.54) is 5.56 Å². The first kappa shape index (κ1) is 19.4. The smallest absolute Gasteiger partial charge is 0.261 e. The van der Waals surface area contributed by atoms with Crippen LogP contribution in [0.4, 0.5) is 0 Å². The molecule has 1 unspecified atom stereocenters. The zero-order valence-corrected chi connectivity index (χ0v) is 16.7. The van der Waals surface area contributed by atoms with Gasteiger partial charge in [0.2, 0.25) is 0 Å². The van der Waals surface area contributed by atoms with Gasteiger partial charge in [-0.25, -0.2) is 0 Å². The molecule has 1 amide bonds. The van der Waals surface area contributed by atoms with Gasteiger partial charge in [0.05, 0.1) is 6.04 Å². The van der Waals surface area contributed by atoms with Crippen LogP contribution in [0.3, 0.4) is 0 Å². The number of hydrogen-bond acceptors (Lipinski definition) is 3. The zero-order valence-electron chi connectivity index (χ0n) is 16.7. The Morgan fingerprint density at radius 2 is 1.89 bits per heavy atom. The maximum atomic E-state index is 13.2. The molecule has 2 aromatic rings. The van der Waals surface area contributed by atoms with Crippen LogP contribution >= 0.6 is 0 Å². The van der Waals surface area contributed by atoms with Gasteiger partial charge in [-0.05, 0) is 70.0 Å². The number of piperidine rings is 1. The number of nitrogens with one attached hydrogen (secondary N) is 1. The number of benzene rings is 1. The summed E-state index contributed by atoms with van der Waals surface area (Å²) in [5.41, 5.74) is 3.91. The molecular formula is C22H29N3O2. The van der Waals surface area contributed by atoms with Gasteiger partial charge in [-0.1, -0.05) is 24.3 Å².